The summed E-state index contributed by atoms with van der Waals surface area (Å²) in [4.78, 5) is 23.0. The van der Waals surface area contributed by atoms with Crippen molar-refractivity contribution in [3.05, 3.63) is 10.4 Å². The largest absolute Gasteiger partial charge is 0.351 e. The number of hydrogen-bond acceptors (Lipinski definition) is 3. The van der Waals surface area contributed by atoms with Crippen molar-refractivity contribution in [1.29, 1.82) is 0 Å². The summed E-state index contributed by atoms with van der Waals surface area (Å²) in [5, 5.41) is 4.90. The number of amides is 3. The number of urea groups is 1. The number of carbonyl (C=O) groups excluding carboxylic acids is 2. The quantitative estimate of drug-likeness (QED) is 0.337. The minimum Gasteiger partial charge on any atom is -0.351 e. The third-order valence-electron chi connectivity index (χ3n) is 0.765. The molecule has 0 aromatic carbocycles. The standard InChI is InChI=1S/C4H7N5O2/c5-4(11)8-3(10)1-2-7-9-6/h1-2H2,(H3,5,8,10,11). The lowest BCUT2D eigenvalue weighted by atomic mass is 10.4. The maximum Gasteiger partial charge on any atom is 0.318 e. The second-order valence-corrected chi connectivity index (χ2v) is 1.62. The molecular weight excluding hydrogens is 150 g/mol. The Labute approximate surface area is 62.2 Å². The van der Waals surface area contributed by atoms with E-state index in [1.165, 1.54) is 0 Å². The number of primary amides is 1. The summed E-state index contributed by atoms with van der Waals surface area (Å²) >= 11 is 0. The molecule has 0 atom stereocenters. The Kier molecular flexibility index (Phi) is 4.26. The van der Waals surface area contributed by atoms with Crippen LogP contribution in [0.3, 0.4) is 0 Å². The maximum atomic E-state index is 10.5. The Morgan fingerprint density at radius 1 is 1.64 bits per heavy atom. The van der Waals surface area contributed by atoms with Crippen LogP contribution in [0.15, 0.2) is 5.11 Å². The first-order chi connectivity index (χ1) is 5.16. The monoisotopic (exact) mass is 157 g/mol. The van der Waals surface area contributed by atoms with E-state index in [1.54, 1.807) is 0 Å². The molecule has 0 radical (unpaired) electrons. The molecule has 0 aromatic heterocycles. The van der Waals surface area contributed by atoms with E-state index in [2.05, 4.69) is 15.8 Å². The molecule has 0 heterocycles. The Bertz CT molecular complexity index is 207. The summed E-state index contributed by atoms with van der Waals surface area (Å²) in [5.41, 5.74) is 12.4. The van der Waals surface area contributed by atoms with Gasteiger partial charge in [-0.15, -0.1) is 0 Å². The molecule has 0 spiro atoms. The summed E-state index contributed by atoms with van der Waals surface area (Å²) in [5.74, 6) is -0.551. The third kappa shape index (κ3) is 6.13. The molecule has 0 aromatic rings. The number of carbonyl (C=O) groups is 2. The van der Waals surface area contributed by atoms with Crippen molar-refractivity contribution in [2.45, 2.75) is 6.42 Å². The number of nitrogens with one attached hydrogen (secondary N) is 1. The second kappa shape index (κ2) is 5.07. The van der Waals surface area contributed by atoms with Gasteiger partial charge in [0.1, 0.15) is 0 Å². The van der Waals surface area contributed by atoms with Crippen LogP contribution >= 0.6 is 0 Å². The van der Waals surface area contributed by atoms with Crippen molar-refractivity contribution in [3.8, 4) is 0 Å². The molecule has 0 saturated carbocycles. The predicted molar refractivity (Wildman–Crippen MR) is 36.4 cm³/mol. The number of azide groups is 1. The Morgan fingerprint density at radius 3 is 2.73 bits per heavy atom. The maximum absolute atomic E-state index is 10.5. The molecule has 3 N–H and O–H groups in total. The lowest BCUT2D eigenvalue weighted by Crippen LogP contribution is -2.35. The van der Waals surface area contributed by atoms with E-state index in [-0.39, 0.29) is 13.0 Å². The molecular formula is C4H7N5O2. The minimum atomic E-state index is -0.907. The van der Waals surface area contributed by atoms with Gasteiger partial charge in [0.15, 0.2) is 0 Å². The Hall–Kier alpha value is -1.75. The van der Waals surface area contributed by atoms with Crippen LogP contribution in [0.2, 0.25) is 0 Å². The van der Waals surface area contributed by atoms with Crippen LogP contribution in [0.25, 0.3) is 10.4 Å². The van der Waals surface area contributed by atoms with E-state index in [0.717, 1.165) is 0 Å². The highest BCUT2D eigenvalue weighted by Crippen LogP contribution is 1.80. The zero-order valence-corrected chi connectivity index (χ0v) is 5.65. The van der Waals surface area contributed by atoms with Gasteiger partial charge in [-0.1, -0.05) is 5.11 Å². The van der Waals surface area contributed by atoms with Gasteiger partial charge in [0.2, 0.25) is 5.91 Å². The van der Waals surface area contributed by atoms with E-state index >= 15 is 0 Å². The normalized spacial score (nSPS) is 8.00. The summed E-state index contributed by atoms with van der Waals surface area (Å²) in [6, 6.07) is -0.907. The summed E-state index contributed by atoms with van der Waals surface area (Å²) < 4.78 is 0. The van der Waals surface area contributed by atoms with E-state index in [4.69, 9.17) is 5.53 Å². The van der Waals surface area contributed by atoms with E-state index in [1.807, 2.05) is 5.32 Å². The van der Waals surface area contributed by atoms with E-state index in [9.17, 15) is 9.59 Å². The minimum absolute atomic E-state index is 0.0234. The first-order valence-electron chi connectivity index (χ1n) is 2.77. The fourth-order valence-corrected chi connectivity index (χ4v) is 0.396. The molecule has 7 heteroatoms. The van der Waals surface area contributed by atoms with Crippen LogP contribution in [0.4, 0.5) is 4.79 Å². The molecule has 0 fully saturated rings. The second-order valence-electron chi connectivity index (χ2n) is 1.62. The predicted octanol–water partition coefficient (Wildman–Crippen LogP) is -0.118. The zero-order valence-electron chi connectivity index (χ0n) is 5.65. The number of imide groups is 1. The topological polar surface area (TPSA) is 121 Å². The third-order valence-corrected chi connectivity index (χ3v) is 0.765. The van der Waals surface area contributed by atoms with Crippen LogP contribution in [0.5, 0.6) is 0 Å². The average molecular weight is 157 g/mol. The smallest absolute Gasteiger partial charge is 0.318 e. The zero-order chi connectivity index (χ0) is 8.69. The van der Waals surface area contributed by atoms with Gasteiger partial charge >= 0.3 is 6.03 Å². The van der Waals surface area contributed by atoms with Crippen molar-refractivity contribution in [2.24, 2.45) is 10.8 Å². The fraction of sp³-hybridized carbons (Fsp3) is 0.500. The van der Waals surface area contributed by atoms with Crippen LogP contribution < -0.4 is 11.1 Å². The summed E-state index contributed by atoms with van der Waals surface area (Å²) in [6.45, 7) is 0.0234. The van der Waals surface area contributed by atoms with Crippen LogP contribution in [0, 0.1) is 0 Å². The fourth-order valence-electron chi connectivity index (χ4n) is 0.396. The van der Waals surface area contributed by atoms with Crippen molar-refractivity contribution in [3.63, 3.8) is 0 Å². The molecule has 11 heavy (non-hydrogen) atoms. The van der Waals surface area contributed by atoms with Gasteiger partial charge in [-0.25, -0.2) is 4.79 Å². The molecule has 0 aliphatic heterocycles. The number of nitrogens with zero attached hydrogens (tertiary/aromatic N) is 3. The molecule has 0 rings (SSSR count). The summed E-state index contributed by atoms with van der Waals surface area (Å²) in [6.07, 6.45) is -0.0347. The lowest BCUT2D eigenvalue weighted by molar-refractivity contribution is -0.119. The first-order valence-corrected chi connectivity index (χ1v) is 2.77. The molecule has 0 unspecified atom stereocenters. The molecule has 3 amide bonds. The van der Waals surface area contributed by atoms with E-state index in [0.29, 0.717) is 0 Å². The van der Waals surface area contributed by atoms with Gasteiger partial charge in [0.25, 0.3) is 0 Å². The SMILES string of the molecule is [N-]=[N+]=NCCC(=O)NC(N)=O. The first kappa shape index (κ1) is 9.25. The molecule has 7 nitrogen and oxygen atoms in total. The van der Waals surface area contributed by atoms with E-state index < -0.39 is 11.9 Å². The lowest BCUT2D eigenvalue weighted by Gasteiger charge is -1.95. The van der Waals surface area contributed by atoms with Gasteiger partial charge in [-0.3, -0.25) is 10.1 Å². The summed E-state index contributed by atoms with van der Waals surface area (Å²) in [7, 11) is 0. The molecule has 0 aliphatic carbocycles. The highest BCUT2D eigenvalue weighted by Gasteiger charge is 2.01. The number of hydrogen-bond donors (Lipinski definition) is 2. The molecule has 0 saturated heterocycles. The van der Waals surface area contributed by atoms with Crippen molar-refractivity contribution < 1.29 is 9.59 Å². The number of rotatable bonds is 3. The Morgan fingerprint density at radius 2 is 2.27 bits per heavy atom. The highest BCUT2D eigenvalue weighted by molar-refractivity contribution is 5.93. The van der Waals surface area contributed by atoms with Crippen LogP contribution in [0.1, 0.15) is 6.42 Å². The molecule has 0 aliphatic rings. The van der Waals surface area contributed by atoms with Gasteiger partial charge in [-0.2, -0.15) is 0 Å². The van der Waals surface area contributed by atoms with Crippen molar-refractivity contribution >= 4 is 11.9 Å². The van der Waals surface area contributed by atoms with Gasteiger partial charge < -0.3 is 5.73 Å². The van der Waals surface area contributed by atoms with Gasteiger partial charge in [0.05, 0.1) is 0 Å². The van der Waals surface area contributed by atoms with Gasteiger partial charge in [0, 0.05) is 17.9 Å². The average Bonchev–Trinajstić information content (AvgIpc) is 1.86. The molecule has 60 valence electrons. The Balaban J connectivity index is 3.53. The van der Waals surface area contributed by atoms with Crippen LogP contribution in [-0.4, -0.2) is 18.5 Å². The highest BCUT2D eigenvalue weighted by atomic mass is 16.2. The number of nitrogens with two attached hydrogens (primary N) is 1. The van der Waals surface area contributed by atoms with Crippen molar-refractivity contribution in [2.75, 3.05) is 6.54 Å². The van der Waals surface area contributed by atoms with Crippen molar-refractivity contribution in [1.82, 2.24) is 5.32 Å². The molecule has 0 bridgehead atoms. The van der Waals surface area contributed by atoms with Gasteiger partial charge in [-0.05, 0) is 5.53 Å². The van der Waals surface area contributed by atoms with Crippen LogP contribution in [-0.2, 0) is 4.79 Å².